The van der Waals surface area contributed by atoms with Gasteiger partial charge in [0.1, 0.15) is 0 Å². The van der Waals surface area contributed by atoms with Gasteiger partial charge in [0.25, 0.3) is 0 Å². The molecule has 0 radical (unpaired) electrons. The van der Waals surface area contributed by atoms with Crippen LogP contribution in [0.4, 0.5) is 0 Å². The van der Waals surface area contributed by atoms with Crippen molar-refractivity contribution in [2.24, 2.45) is 5.73 Å². The van der Waals surface area contributed by atoms with Crippen molar-refractivity contribution < 1.29 is 4.79 Å². The lowest BCUT2D eigenvalue weighted by molar-refractivity contribution is -0.135. The summed E-state index contributed by atoms with van der Waals surface area (Å²) in [7, 11) is 2.06. The largest absolute Gasteiger partial charge is 0.340 e. The Labute approximate surface area is 86.0 Å². The van der Waals surface area contributed by atoms with Crippen molar-refractivity contribution in [1.29, 1.82) is 0 Å². The highest BCUT2D eigenvalue weighted by Gasteiger charge is 2.24. The molecule has 1 aliphatic heterocycles. The number of likely N-dealkylation sites (N-methyl/N-ethyl adjacent to an activating group) is 1. The van der Waals surface area contributed by atoms with E-state index in [1.165, 1.54) is 0 Å². The zero-order valence-corrected chi connectivity index (χ0v) is 9.20. The molecule has 4 heteroatoms. The summed E-state index contributed by atoms with van der Waals surface area (Å²) in [5.41, 5.74) is 5.70. The van der Waals surface area contributed by atoms with Gasteiger partial charge in [-0.1, -0.05) is 6.92 Å². The van der Waals surface area contributed by atoms with E-state index in [4.69, 9.17) is 5.73 Å². The van der Waals surface area contributed by atoms with E-state index in [0.29, 0.717) is 0 Å². The van der Waals surface area contributed by atoms with Gasteiger partial charge in [-0.2, -0.15) is 0 Å². The van der Waals surface area contributed by atoms with Gasteiger partial charge in [-0.05, 0) is 26.4 Å². The quantitative estimate of drug-likeness (QED) is 0.687. The fraction of sp³-hybridized carbons (Fsp3) is 0.900. The van der Waals surface area contributed by atoms with E-state index >= 15 is 0 Å². The predicted octanol–water partition coefficient (Wildman–Crippen LogP) is -0.112. The highest BCUT2D eigenvalue weighted by Crippen LogP contribution is 2.09. The van der Waals surface area contributed by atoms with Crippen LogP contribution in [0.3, 0.4) is 0 Å². The number of hydrogen-bond donors (Lipinski definition) is 1. The first-order valence-corrected chi connectivity index (χ1v) is 5.38. The molecule has 1 rings (SSSR count). The predicted molar refractivity (Wildman–Crippen MR) is 57.0 cm³/mol. The van der Waals surface area contributed by atoms with Gasteiger partial charge in [-0.15, -0.1) is 0 Å². The number of hydrogen-bond acceptors (Lipinski definition) is 3. The molecule has 0 saturated carbocycles. The van der Waals surface area contributed by atoms with Crippen molar-refractivity contribution in [3.8, 4) is 0 Å². The van der Waals surface area contributed by atoms with E-state index in [2.05, 4.69) is 18.9 Å². The van der Waals surface area contributed by atoms with Gasteiger partial charge >= 0.3 is 0 Å². The molecular formula is C10H21N3O. The fourth-order valence-electron chi connectivity index (χ4n) is 1.64. The standard InChI is InChI=1S/C10H21N3O/c1-3-12(2)7-8-13-6-4-5-9(11)10(13)14/h9H,3-8,11H2,1-2H3. The molecule has 1 atom stereocenters. The Morgan fingerprint density at radius 2 is 2.36 bits per heavy atom. The number of rotatable bonds is 4. The molecule has 0 aliphatic carbocycles. The topological polar surface area (TPSA) is 49.6 Å². The third-order valence-corrected chi connectivity index (χ3v) is 2.86. The van der Waals surface area contributed by atoms with Gasteiger partial charge in [0.05, 0.1) is 6.04 Å². The summed E-state index contributed by atoms with van der Waals surface area (Å²) in [6.07, 6.45) is 1.89. The second-order valence-corrected chi connectivity index (χ2v) is 3.97. The summed E-state index contributed by atoms with van der Waals surface area (Å²) in [6.45, 7) is 5.77. The Hall–Kier alpha value is -0.610. The van der Waals surface area contributed by atoms with Crippen LogP contribution in [0.25, 0.3) is 0 Å². The minimum absolute atomic E-state index is 0.126. The van der Waals surface area contributed by atoms with E-state index in [-0.39, 0.29) is 11.9 Å². The van der Waals surface area contributed by atoms with Gasteiger partial charge in [0, 0.05) is 19.6 Å². The van der Waals surface area contributed by atoms with E-state index in [0.717, 1.165) is 39.0 Å². The number of carbonyl (C=O) groups is 1. The van der Waals surface area contributed by atoms with Gasteiger partial charge in [-0.3, -0.25) is 4.79 Å². The Kier molecular flexibility index (Phi) is 4.35. The lowest BCUT2D eigenvalue weighted by Gasteiger charge is -2.31. The number of nitrogens with zero attached hydrogens (tertiary/aromatic N) is 2. The zero-order chi connectivity index (χ0) is 10.6. The number of amides is 1. The lowest BCUT2D eigenvalue weighted by atomic mass is 10.1. The Morgan fingerprint density at radius 1 is 1.64 bits per heavy atom. The number of likely N-dealkylation sites (tertiary alicyclic amines) is 1. The van der Waals surface area contributed by atoms with E-state index in [9.17, 15) is 4.79 Å². The highest BCUT2D eigenvalue weighted by molar-refractivity contribution is 5.82. The Morgan fingerprint density at radius 3 is 3.00 bits per heavy atom. The first-order chi connectivity index (χ1) is 6.65. The minimum atomic E-state index is -0.254. The van der Waals surface area contributed by atoms with Crippen LogP contribution in [0.1, 0.15) is 19.8 Å². The van der Waals surface area contributed by atoms with Crippen LogP contribution in [0.5, 0.6) is 0 Å². The van der Waals surface area contributed by atoms with Crippen LogP contribution < -0.4 is 5.73 Å². The number of carbonyl (C=O) groups excluding carboxylic acids is 1. The summed E-state index contributed by atoms with van der Waals surface area (Å²) in [5, 5.41) is 0. The van der Waals surface area contributed by atoms with E-state index in [1.54, 1.807) is 0 Å². The van der Waals surface area contributed by atoms with Gasteiger partial charge in [0.2, 0.25) is 5.91 Å². The Bertz CT molecular complexity index is 196. The lowest BCUT2D eigenvalue weighted by Crippen LogP contribution is -2.50. The van der Waals surface area contributed by atoms with Crippen LogP contribution in [-0.2, 0) is 4.79 Å². The van der Waals surface area contributed by atoms with Crippen LogP contribution >= 0.6 is 0 Å². The van der Waals surface area contributed by atoms with Gasteiger partial charge < -0.3 is 15.5 Å². The molecule has 2 N–H and O–H groups in total. The molecule has 1 amide bonds. The molecule has 1 heterocycles. The third-order valence-electron chi connectivity index (χ3n) is 2.86. The number of nitrogens with two attached hydrogens (primary N) is 1. The van der Waals surface area contributed by atoms with Gasteiger partial charge in [-0.25, -0.2) is 0 Å². The molecule has 14 heavy (non-hydrogen) atoms. The second kappa shape index (κ2) is 5.32. The van der Waals surface area contributed by atoms with Crippen LogP contribution in [-0.4, -0.2) is 55.0 Å². The first kappa shape index (κ1) is 11.5. The van der Waals surface area contributed by atoms with E-state index in [1.807, 2.05) is 4.90 Å². The van der Waals surface area contributed by atoms with Crippen molar-refractivity contribution in [3.63, 3.8) is 0 Å². The smallest absolute Gasteiger partial charge is 0.239 e. The SMILES string of the molecule is CCN(C)CCN1CCCC(N)C1=O. The molecule has 1 unspecified atom stereocenters. The second-order valence-electron chi connectivity index (χ2n) is 3.97. The molecule has 0 aromatic carbocycles. The normalized spacial score (nSPS) is 23.3. The summed E-state index contributed by atoms with van der Waals surface area (Å²) in [4.78, 5) is 15.7. The molecule has 0 spiro atoms. The van der Waals surface area contributed by atoms with Crippen molar-refractivity contribution in [3.05, 3.63) is 0 Å². The molecule has 1 fully saturated rings. The molecular weight excluding hydrogens is 178 g/mol. The first-order valence-electron chi connectivity index (χ1n) is 5.38. The molecule has 0 aromatic rings. The Balaban J connectivity index is 2.32. The average Bonchev–Trinajstić information content (AvgIpc) is 2.20. The van der Waals surface area contributed by atoms with Crippen LogP contribution in [0.15, 0.2) is 0 Å². The van der Waals surface area contributed by atoms with Gasteiger partial charge in [0.15, 0.2) is 0 Å². The maximum absolute atomic E-state index is 11.6. The van der Waals surface area contributed by atoms with Crippen LogP contribution in [0, 0.1) is 0 Å². The summed E-state index contributed by atoms with van der Waals surface area (Å²) in [5.74, 6) is 0.126. The average molecular weight is 199 g/mol. The maximum atomic E-state index is 11.6. The molecule has 1 aliphatic rings. The minimum Gasteiger partial charge on any atom is -0.340 e. The fourth-order valence-corrected chi connectivity index (χ4v) is 1.64. The van der Waals surface area contributed by atoms with Crippen molar-refractivity contribution in [2.75, 3.05) is 33.2 Å². The summed E-state index contributed by atoms with van der Waals surface area (Å²) < 4.78 is 0. The number of piperidine rings is 1. The summed E-state index contributed by atoms with van der Waals surface area (Å²) >= 11 is 0. The molecule has 0 bridgehead atoms. The third kappa shape index (κ3) is 2.96. The summed E-state index contributed by atoms with van der Waals surface area (Å²) in [6, 6.07) is -0.254. The molecule has 82 valence electrons. The zero-order valence-electron chi connectivity index (χ0n) is 9.20. The molecule has 4 nitrogen and oxygen atoms in total. The van der Waals surface area contributed by atoms with Crippen LogP contribution in [0.2, 0.25) is 0 Å². The molecule has 0 aromatic heterocycles. The van der Waals surface area contributed by atoms with Crippen molar-refractivity contribution in [1.82, 2.24) is 9.80 Å². The van der Waals surface area contributed by atoms with E-state index < -0.39 is 0 Å². The highest BCUT2D eigenvalue weighted by atomic mass is 16.2. The molecule has 1 saturated heterocycles. The monoisotopic (exact) mass is 199 g/mol. The van der Waals surface area contributed by atoms with Crippen molar-refractivity contribution >= 4 is 5.91 Å². The van der Waals surface area contributed by atoms with Crippen molar-refractivity contribution in [2.45, 2.75) is 25.8 Å². The maximum Gasteiger partial charge on any atom is 0.239 e.